The lowest BCUT2D eigenvalue weighted by Crippen LogP contribution is -2.55. The van der Waals surface area contributed by atoms with Gasteiger partial charge in [0.2, 0.25) is 5.88 Å². The Hall–Kier alpha value is -4.04. The summed E-state index contributed by atoms with van der Waals surface area (Å²) >= 11 is 0. The number of pyridine rings is 1. The first kappa shape index (κ1) is 29.4. The molecule has 3 fully saturated rings. The number of carboxylic acids is 1. The van der Waals surface area contributed by atoms with Crippen LogP contribution in [0.1, 0.15) is 92.7 Å². The molecule has 0 radical (unpaired) electrons. The Balaban J connectivity index is 0.991. The number of H-pyrrole nitrogens is 1. The Bertz CT molecular complexity index is 1770. The minimum absolute atomic E-state index is 0.131. The van der Waals surface area contributed by atoms with Crippen molar-refractivity contribution < 1.29 is 14.6 Å². The van der Waals surface area contributed by atoms with Crippen molar-refractivity contribution in [2.24, 2.45) is 5.41 Å². The molecule has 0 amide bonds. The topological polar surface area (TPSA) is 84.9 Å². The fourth-order valence-electron chi connectivity index (χ4n) is 8.89. The first-order chi connectivity index (χ1) is 22.3. The summed E-state index contributed by atoms with van der Waals surface area (Å²) in [6.07, 6.45) is 9.27. The number of piperidine rings is 1. The van der Waals surface area contributed by atoms with Gasteiger partial charge in [-0.15, -0.1) is 0 Å². The highest BCUT2D eigenvalue weighted by Crippen LogP contribution is 2.54. The Morgan fingerprint density at radius 2 is 1.85 bits per heavy atom. The summed E-state index contributed by atoms with van der Waals surface area (Å²) in [7, 11) is 0. The second-order valence-corrected chi connectivity index (χ2v) is 14.5. The summed E-state index contributed by atoms with van der Waals surface area (Å²) in [6.45, 7) is 10.4. The number of carbonyl (C=O) groups is 1. The average Bonchev–Trinajstić information content (AvgIpc) is 3.71. The number of hydrogen-bond donors (Lipinski definition) is 2. The van der Waals surface area contributed by atoms with Gasteiger partial charge in [-0.3, -0.25) is 4.90 Å². The molecule has 2 saturated heterocycles. The van der Waals surface area contributed by atoms with Crippen molar-refractivity contribution in [1.82, 2.24) is 14.9 Å². The van der Waals surface area contributed by atoms with E-state index in [2.05, 4.69) is 63.9 Å². The number of carboxylic acid groups (broad SMARTS) is 1. The lowest BCUT2D eigenvalue weighted by atomic mass is 9.59. The third-order valence-electron chi connectivity index (χ3n) is 11.3. The normalized spacial score (nSPS) is 23.1. The number of nitrogens with one attached hydrogen (secondary N) is 1. The number of aromatic amines is 1. The number of fused-ring (bicyclic) bond motifs is 2. The van der Waals surface area contributed by atoms with Gasteiger partial charge < -0.3 is 24.6 Å². The van der Waals surface area contributed by atoms with E-state index in [1.165, 1.54) is 50.6 Å². The first-order valence-electron chi connectivity index (χ1n) is 17.2. The number of nitrogens with zero attached hydrogens (tertiary/aromatic N) is 4. The minimum atomic E-state index is -0.924. The van der Waals surface area contributed by atoms with Crippen molar-refractivity contribution in [1.29, 1.82) is 0 Å². The van der Waals surface area contributed by atoms with Gasteiger partial charge in [0, 0.05) is 42.4 Å². The summed E-state index contributed by atoms with van der Waals surface area (Å²) in [5.41, 5.74) is 7.15. The molecule has 1 spiro atoms. The van der Waals surface area contributed by atoms with E-state index in [0.29, 0.717) is 47.1 Å². The molecule has 1 saturated carbocycles. The van der Waals surface area contributed by atoms with Crippen LogP contribution in [-0.2, 0) is 0 Å². The zero-order chi connectivity index (χ0) is 31.6. The molecule has 2 aromatic carbocycles. The largest absolute Gasteiger partial charge is 0.478 e. The van der Waals surface area contributed by atoms with Crippen LogP contribution in [0.25, 0.3) is 11.0 Å². The predicted molar refractivity (Wildman–Crippen MR) is 183 cm³/mol. The van der Waals surface area contributed by atoms with Crippen LogP contribution in [0.5, 0.6) is 5.88 Å². The van der Waals surface area contributed by atoms with Crippen LogP contribution in [0, 0.1) is 5.41 Å². The van der Waals surface area contributed by atoms with E-state index in [4.69, 9.17) is 9.72 Å². The van der Waals surface area contributed by atoms with Gasteiger partial charge in [-0.2, -0.15) is 4.98 Å². The summed E-state index contributed by atoms with van der Waals surface area (Å²) in [4.78, 5) is 27.7. The number of aromatic nitrogens is 2. The van der Waals surface area contributed by atoms with Crippen LogP contribution in [0.3, 0.4) is 0 Å². The molecule has 4 aliphatic rings. The Labute approximate surface area is 271 Å². The molecule has 0 bridgehead atoms. The van der Waals surface area contributed by atoms with Crippen LogP contribution in [-0.4, -0.2) is 64.3 Å². The highest BCUT2D eigenvalue weighted by Gasteiger charge is 2.50. The van der Waals surface area contributed by atoms with E-state index in [1.807, 2.05) is 31.3 Å². The van der Waals surface area contributed by atoms with Gasteiger partial charge in [0.1, 0.15) is 17.4 Å². The number of rotatable bonds is 6. The van der Waals surface area contributed by atoms with Crippen LogP contribution < -0.4 is 14.5 Å². The average molecular weight is 620 g/mol. The summed E-state index contributed by atoms with van der Waals surface area (Å²) in [5.74, 6) is 0.157. The minimum Gasteiger partial charge on any atom is -0.478 e. The fraction of sp³-hybridized carbons (Fsp3) is 0.474. The van der Waals surface area contributed by atoms with Gasteiger partial charge in [0.25, 0.3) is 0 Å². The summed E-state index contributed by atoms with van der Waals surface area (Å²) in [5, 5.41) is 11.2. The summed E-state index contributed by atoms with van der Waals surface area (Å²) < 4.78 is 6.11. The van der Waals surface area contributed by atoms with E-state index in [-0.39, 0.29) is 6.10 Å². The maximum atomic E-state index is 12.5. The second-order valence-electron chi connectivity index (χ2n) is 14.5. The molecule has 46 heavy (non-hydrogen) atoms. The van der Waals surface area contributed by atoms with Crippen LogP contribution in [0.15, 0.2) is 60.8 Å². The maximum absolute atomic E-state index is 12.5. The number of aromatic carboxylic acids is 1. The van der Waals surface area contributed by atoms with E-state index in [0.717, 1.165) is 35.5 Å². The molecule has 8 heteroatoms. The smallest absolute Gasteiger partial charge is 0.337 e. The molecule has 2 aromatic heterocycles. The maximum Gasteiger partial charge on any atom is 0.337 e. The zero-order valence-electron chi connectivity index (χ0n) is 27.2. The van der Waals surface area contributed by atoms with Gasteiger partial charge in [0.05, 0.1) is 17.8 Å². The molecule has 3 aliphatic heterocycles. The zero-order valence-corrected chi connectivity index (χ0v) is 27.2. The van der Waals surface area contributed by atoms with Crippen LogP contribution >= 0.6 is 0 Å². The SMILES string of the molecule is CC(C)c1ccccc1[C@@H]1CCCN1C1CC2(CCN(c3ccc(C(=O)O)c(N4C[C@@H](C)Oc5nc6[nH]ccc6cc54)c3)CC2)C1. The van der Waals surface area contributed by atoms with Crippen molar-refractivity contribution in [2.75, 3.05) is 36.0 Å². The predicted octanol–water partition coefficient (Wildman–Crippen LogP) is 7.89. The molecule has 2 N–H and O–H groups in total. The van der Waals surface area contributed by atoms with E-state index < -0.39 is 5.97 Å². The van der Waals surface area contributed by atoms with Gasteiger partial charge in [0.15, 0.2) is 0 Å². The highest BCUT2D eigenvalue weighted by atomic mass is 16.5. The van der Waals surface area contributed by atoms with Crippen molar-refractivity contribution >= 4 is 34.1 Å². The Morgan fingerprint density at radius 3 is 2.63 bits per heavy atom. The van der Waals surface area contributed by atoms with Gasteiger partial charge >= 0.3 is 5.97 Å². The van der Waals surface area contributed by atoms with Crippen molar-refractivity contribution in [3.8, 4) is 5.88 Å². The quantitative estimate of drug-likeness (QED) is 0.227. The molecule has 240 valence electrons. The van der Waals surface area contributed by atoms with E-state index in [9.17, 15) is 9.90 Å². The lowest BCUT2D eigenvalue weighted by Gasteiger charge is -2.56. The number of hydrogen-bond acceptors (Lipinski definition) is 6. The molecule has 2 atom stereocenters. The molecular weight excluding hydrogens is 574 g/mol. The molecule has 8 nitrogen and oxygen atoms in total. The second kappa shape index (κ2) is 11.3. The van der Waals surface area contributed by atoms with E-state index >= 15 is 0 Å². The number of benzene rings is 2. The van der Waals surface area contributed by atoms with Gasteiger partial charge in [-0.25, -0.2) is 4.79 Å². The lowest BCUT2D eigenvalue weighted by molar-refractivity contribution is -0.0227. The van der Waals surface area contributed by atoms with Crippen LogP contribution in [0.2, 0.25) is 0 Å². The molecular formula is C38H45N5O3. The van der Waals surface area contributed by atoms with E-state index in [1.54, 1.807) is 11.6 Å². The third kappa shape index (κ3) is 5.02. The standard InChI is InChI=1S/C38H45N5O3/c1-24(2)29-7-4-5-8-30(29)32-9-6-16-42(32)28-21-38(22-28)13-17-41(18-14-38)27-10-11-31(37(44)45)33(20-27)43-23-25(3)46-36-34(43)19-26-12-15-39-35(26)40-36/h4-5,7-8,10-12,15,19-20,24-25,28,32H,6,9,13-14,16-18,21-23H2,1-3H3,(H,39,40)(H,44,45)/t25-,32+/m1/s1. The van der Waals surface area contributed by atoms with Crippen molar-refractivity contribution in [3.63, 3.8) is 0 Å². The highest BCUT2D eigenvalue weighted by molar-refractivity contribution is 5.97. The van der Waals surface area contributed by atoms with Gasteiger partial charge in [-0.05, 0) is 105 Å². The molecule has 0 unspecified atom stereocenters. The number of ether oxygens (including phenoxy) is 1. The monoisotopic (exact) mass is 619 g/mol. The number of anilines is 3. The Morgan fingerprint density at radius 1 is 1.04 bits per heavy atom. The number of likely N-dealkylation sites (tertiary alicyclic amines) is 1. The first-order valence-corrected chi connectivity index (χ1v) is 17.2. The Kier molecular flexibility index (Phi) is 7.24. The molecule has 8 rings (SSSR count). The van der Waals surface area contributed by atoms with Crippen LogP contribution in [0.4, 0.5) is 17.1 Å². The molecule has 4 aromatic rings. The van der Waals surface area contributed by atoms with Crippen molar-refractivity contribution in [2.45, 2.75) is 83.4 Å². The fourth-order valence-corrected chi connectivity index (χ4v) is 8.89. The van der Waals surface area contributed by atoms with Gasteiger partial charge in [-0.1, -0.05) is 38.1 Å². The summed E-state index contributed by atoms with van der Waals surface area (Å²) in [6, 6.07) is 20.2. The van der Waals surface area contributed by atoms with Crippen molar-refractivity contribution in [3.05, 3.63) is 77.5 Å². The molecule has 1 aliphatic carbocycles. The third-order valence-corrected chi connectivity index (χ3v) is 11.3. The molecule has 5 heterocycles.